The Morgan fingerprint density at radius 3 is 2.70 bits per heavy atom. The number of aromatic nitrogens is 3. The van der Waals surface area contributed by atoms with E-state index in [9.17, 15) is 4.79 Å². The maximum absolute atomic E-state index is 12.5. The minimum absolute atomic E-state index is 0.122. The molecule has 0 aliphatic carbocycles. The van der Waals surface area contributed by atoms with Gasteiger partial charge in [-0.15, -0.1) is 10.2 Å². The molecule has 0 radical (unpaired) electrons. The Labute approximate surface area is 163 Å². The van der Waals surface area contributed by atoms with Crippen molar-refractivity contribution >= 4 is 17.7 Å². The standard InChI is InChI=1S/C19H24N4O3S/c24-17(22-8-11-25-12-9-22)14-27-19-21-20-18(15-5-2-1-3-6-15)23(19)13-16-7-4-10-26-16/h1-3,5-6,16H,4,7-14H2. The fourth-order valence-corrected chi connectivity index (χ4v) is 4.23. The Kier molecular flexibility index (Phi) is 6.06. The summed E-state index contributed by atoms with van der Waals surface area (Å²) in [6.07, 6.45) is 2.31. The monoisotopic (exact) mass is 388 g/mol. The Bertz CT molecular complexity index is 756. The molecule has 3 heterocycles. The number of carbonyl (C=O) groups is 1. The molecule has 2 aliphatic rings. The van der Waals surface area contributed by atoms with Crippen molar-refractivity contribution in [3.63, 3.8) is 0 Å². The van der Waals surface area contributed by atoms with Crippen LogP contribution < -0.4 is 0 Å². The van der Waals surface area contributed by atoms with E-state index in [0.717, 1.165) is 36.0 Å². The molecule has 1 atom stereocenters. The molecule has 1 aromatic heterocycles. The molecular weight excluding hydrogens is 364 g/mol. The van der Waals surface area contributed by atoms with Gasteiger partial charge in [0.05, 0.1) is 31.6 Å². The first-order chi connectivity index (χ1) is 13.3. The molecule has 2 aromatic rings. The number of rotatable bonds is 6. The maximum atomic E-state index is 12.5. The number of amides is 1. The third-order valence-electron chi connectivity index (χ3n) is 4.85. The fraction of sp³-hybridized carbons (Fsp3) is 0.526. The van der Waals surface area contributed by atoms with E-state index in [0.29, 0.717) is 38.6 Å². The predicted molar refractivity (Wildman–Crippen MR) is 103 cm³/mol. The summed E-state index contributed by atoms with van der Waals surface area (Å²) in [5.74, 6) is 1.31. The van der Waals surface area contributed by atoms with Crippen molar-refractivity contribution in [3.05, 3.63) is 30.3 Å². The summed E-state index contributed by atoms with van der Waals surface area (Å²) in [5, 5.41) is 9.56. The number of morpholine rings is 1. The van der Waals surface area contributed by atoms with Crippen molar-refractivity contribution in [2.75, 3.05) is 38.7 Å². The zero-order valence-electron chi connectivity index (χ0n) is 15.2. The van der Waals surface area contributed by atoms with Gasteiger partial charge >= 0.3 is 0 Å². The Balaban J connectivity index is 1.50. The number of hydrogen-bond donors (Lipinski definition) is 0. The van der Waals surface area contributed by atoms with Crippen LogP contribution in [0.4, 0.5) is 0 Å². The van der Waals surface area contributed by atoms with Crippen molar-refractivity contribution in [1.82, 2.24) is 19.7 Å². The average molecular weight is 388 g/mol. The van der Waals surface area contributed by atoms with Crippen molar-refractivity contribution in [1.29, 1.82) is 0 Å². The van der Waals surface area contributed by atoms with Gasteiger partial charge in [-0.25, -0.2) is 0 Å². The highest BCUT2D eigenvalue weighted by Crippen LogP contribution is 2.26. The van der Waals surface area contributed by atoms with Crippen molar-refractivity contribution in [2.45, 2.75) is 30.6 Å². The minimum Gasteiger partial charge on any atom is -0.378 e. The SMILES string of the molecule is O=C(CSc1nnc(-c2ccccc2)n1CC1CCCO1)N1CCOCC1. The molecule has 2 fully saturated rings. The Morgan fingerprint density at radius 2 is 1.96 bits per heavy atom. The van der Waals surface area contributed by atoms with Gasteiger partial charge in [0.15, 0.2) is 11.0 Å². The van der Waals surface area contributed by atoms with Gasteiger partial charge in [0.2, 0.25) is 5.91 Å². The van der Waals surface area contributed by atoms with Crippen LogP contribution in [0.1, 0.15) is 12.8 Å². The van der Waals surface area contributed by atoms with Gasteiger partial charge in [-0.05, 0) is 12.8 Å². The van der Waals surface area contributed by atoms with Crippen LogP contribution in [0.3, 0.4) is 0 Å². The maximum Gasteiger partial charge on any atom is 0.233 e. The van der Waals surface area contributed by atoms with Gasteiger partial charge in [-0.1, -0.05) is 42.1 Å². The fourth-order valence-electron chi connectivity index (χ4n) is 3.38. The van der Waals surface area contributed by atoms with E-state index in [1.165, 1.54) is 11.8 Å². The summed E-state index contributed by atoms with van der Waals surface area (Å²) < 4.78 is 13.2. The van der Waals surface area contributed by atoms with Crippen molar-refractivity contribution in [3.8, 4) is 11.4 Å². The van der Waals surface area contributed by atoms with Crippen LogP contribution in [0.25, 0.3) is 11.4 Å². The van der Waals surface area contributed by atoms with E-state index >= 15 is 0 Å². The normalized spacial score (nSPS) is 20.1. The second kappa shape index (κ2) is 8.86. The lowest BCUT2D eigenvalue weighted by atomic mass is 10.2. The van der Waals surface area contributed by atoms with Crippen LogP contribution in [0.5, 0.6) is 0 Å². The molecule has 1 aromatic carbocycles. The predicted octanol–water partition coefficient (Wildman–Crippen LogP) is 2.08. The van der Waals surface area contributed by atoms with E-state index in [-0.39, 0.29) is 12.0 Å². The van der Waals surface area contributed by atoms with Gasteiger partial charge in [0, 0.05) is 25.3 Å². The van der Waals surface area contributed by atoms with Gasteiger partial charge in [0.25, 0.3) is 0 Å². The zero-order chi connectivity index (χ0) is 18.5. The third-order valence-corrected chi connectivity index (χ3v) is 5.80. The molecule has 144 valence electrons. The summed E-state index contributed by atoms with van der Waals surface area (Å²) in [6.45, 7) is 4.08. The van der Waals surface area contributed by atoms with Crippen LogP contribution in [-0.2, 0) is 20.8 Å². The number of hydrogen-bond acceptors (Lipinski definition) is 6. The number of ether oxygens (including phenoxy) is 2. The highest BCUT2D eigenvalue weighted by Gasteiger charge is 2.23. The second-order valence-electron chi connectivity index (χ2n) is 6.70. The zero-order valence-corrected chi connectivity index (χ0v) is 16.1. The van der Waals surface area contributed by atoms with E-state index < -0.39 is 0 Å². The first-order valence-electron chi connectivity index (χ1n) is 9.40. The lowest BCUT2D eigenvalue weighted by Crippen LogP contribution is -2.41. The molecule has 8 heteroatoms. The van der Waals surface area contributed by atoms with Crippen LogP contribution in [0.15, 0.2) is 35.5 Å². The molecule has 0 bridgehead atoms. The van der Waals surface area contributed by atoms with Crippen molar-refractivity contribution < 1.29 is 14.3 Å². The van der Waals surface area contributed by atoms with E-state index in [4.69, 9.17) is 9.47 Å². The molecule has 0 saturated carbocycles. The Morgan fingerprint density at radius 1 is 1.15 bits per heavy atom. The molecule has 0 N–H and O–H groups in total. The molecule has 2 saturated heterocycles. The molecule has 4 rings (SSSR count). The lowest BCUT2D eigenvalue weighted by molar-refractivity contribution is -0.132. The number of carbonyl (C=O) groups excluding carboxylic acids is 1. The summed E-state index contributed by atoms with van der Waals surface area (Å²) in [7, 11) is 0. The molecular formula is C19H24N4O3S. The van der Waals surface area contributed by atoms with E-state index in [2.05, 4.69) is 14.8 Å². The van der Waals surface area contributed by atoms with E-state index in [1.807, 2.05) is 35.2 Å². The van der Waals surface area contributed by atoms with Crippen LogP contribution in [-0.4, -0.2) is 70.3 Å². The number of benzene rings is 1. The first-order valence-corrected chi connectivity index (χ1v) is 10.4. The van der Waals surface area contributed by atoms with Gasteiger partial charge < -0.3 is 14.4 Å². The van der Waals surface area contributed by atoms with Gasteiger partial charge in [-0.3, -0.25) is 9.36 Å². The largest absolute Gasteiger partial charge is 0.378 e. The molecule has 2 aliphatic heterocycles. The summed E-state index contributed by atoms with van der Waals surface area (Å²) in [4.78, 5) is 14.3. The lowest BCUT2D eigenvalue weighted by Gasteiger charge is -2.26. The highest BCUT2D eigenvalue weighted by molar-refractivity contribution is 7.99. The van der Waals surface area contributed by atoms with Crippen LogP contribution in [0.2, 0.25) is 0 Å². The molecule has 27 heavy (non-hydrogen) atoms. The minimum atomic E-state index is 0.122. The molecule has 1 amide bonds. The molecule has 1 unspecified atom stereocenters. The summed E-state index contributed by atoms with van der Waals surface area (Å²) in [5.41, 5.74) is 1.02. The summed E-state index contributed by atoms with van der Waals surface area (Å²) in [6, 6.07) is 10.0. The second-order valence-corrected chi connectivity index (χ2v) is 7.64. The van der Waals surface area contributed by atoms with Gasteiger partial charge in [-0.2, -0.15) is 0 Å². The van der Waals surface area contributed by atoms with Crippen LogP contribution >= 0.6 is 11.8 Å². The third kappa shape index (κ3) is 4.51. The first kappa shape index (κ1) is 18.5. The summed E-state index contributed by atoms with van der Waals surface area (Å²) >= 11 is 1.45. The average Bonchev–Trinajstić information content (AvgIpc) is 3.38. The van der Waals surface area contributed by atoms with E-state index in [1.54, 1.807) is 0 Å². The number of thioether (sulfide) groups is 1. The van der Waals surface area contributed by atoms with Gasteiger partial charge in [0.1, 0.15) is 0 Å². The smallest absolute Gasteiger partial charge is 0.233 e. The number of nitrogens with zero attached hydrogens (tertiary/aromatic N) is 4. The Hall–Kier alpha value is -1.90. The molecule has 0 spiro atoms. The molecule has 7 nitrogen and oxygen atoms in total. The van der Waals surface area contributed by atoms with Crippen LogP contribution in [0, 0.1) is 0 Å². The quantitative estimate of drug-likeness (QED) is 0.706. The topological polar surface area (TPSA) is 69.5 Å². The highest BCUT2D eigenvalue weighted by atomic mass is 32.2. The van der Waals surface area contributed by atoms with Crippen molar-refractivity contribution in [2.24, 2.45) is 0 Å².